The average molecular weight is 398 g/mol. The van der Waals surface area contributed by atoms with Crippen LogP contribution in [0.15, 0.2) is 59.8 Å². The second-order valence-electron chi connectivity index (χ2n) is 6.66. The third-order valence-electron chi connectivity index (χ3n) is 4.55. The molecule has 2 aromatic heterocycles. The summed E-state index contributed by atoms with van der Waals surface area (Å²) in [5.41, 5.74) is 3.14. The zero-order valence-electron chi connectivity index (χ0n) is 16.1. The summed E-state index contributed by atoms with van der Waals surface area (Å²) in [6.45, 7) is 4.58. The molecule has 0 unspecified atom stereocenters. The Morgan fingerprint density at radius 2 is 1.71 bits per heavy atom. The Balaban J connectivity index is 1.65. The smallest absolute Gasteiger partial charge is 0.263 e. The molecule has 0 amide bonds. The van der Waals surface area contributed by atoms with Gasteiger partial charge < -0.3 is 4.90 Å². The number of benzene rings is 1. The third kappa shape index (κ3) is 4.83. The number of aryl methyl sites for hydroxylation is 2. The van der Waals surface area contributed by atoms with Crippen LogP contribution in [0.3, 0.4) is 0 Å². The van der Waals surface area contributed by atoms with Crippen LogP contribution in [-0.4, -0.2) is 37.2 Å². The van der Waals surface area contributed by atoms with E-state index in [1.165, 1.54) is 5.56 Å². The minimum Gasteiger partial charge on any atom is -0.358 e. The Labute approximate surface area is 165 Å². The van der Waals surface area contributed by atoms with Crippen molar-refractivity contribution in [2.24, 2.45) is 0 Å². The lowest BCUT2D eigenvalue weighted by Gasteiger charge is -2.17. The number of anilines is 2. The van der Waals surface area contributed by atoms with E-state index in [0.29, 0.717) is 5.82 Å². The summed E-state index contributed by atoms with van der Waals surface area (Å²) in [6.07, 6.45) is 4.39. The fraction of sp³-hybridized carbons (Fsp3) is 0.250. The lowest BCUT2D eigenvalue weighted by Crippen LogP contribution is -2.22. The zero-order valence-corrected chi connectivity index (χ0v) is 16.9. The molecule has 1 aromatic carbocycles. The second-order valence-corrected chi connectivity index (χ2v) is 8.34. The van der Waals surface area contributed by atoms with Gasteiger partial charge in [-0.05, 0) is 73.4 Å². The van der Waals surface area contributed by atoms with Crippen molar-refractivity contribution in [2.45, 2.75) is 25.2 Å². The van der Waals surface area contributed by atoms with Crippen LogP contribution in [-0.2, 0) is 16.4 Å². The first-order chi connectivity index (χ1) is 13.3. The van der Waals surface area contributed by atoms with Crippen LogP contribution in [0.2, 0.25) is 0 Å². The minimum absolute atomic E-state index is 0.185. The molecular formula is C20H23N5O2S. The minimum atomic E-state index is -3.70. The van der Waals surface area contributed by atoms with Crippen LogP contribution in [0.25, 0.3) is 0 Å². The highest BCUT2D eigenvalue weighted by Crippen LogP contribution is 2.18. The molecule has 0 aliphatic carbocycles. The van der Waals surface area contributed by atoms with Gasteiger partial charge in [-0.2, -0.15) is 0 Å². The van der Waals surface area contributed by atoms with Gasteiger partial charge in [-0.3, -0.25) is 9.71 Å². The maximum absolute atomic E-state index is 12.5. The lowest BCUT2D eigenvalue weighted by molar-refractivity contribution is 0.601. The fourth-order valence-corrected chi connectivity index (χ4v) is 3.70. The number of hydrogen-bond donors (Lipinski definition) is 1. The standard InChI is InChI=1S/C20H23N5O2S/c1-15-4-5-18(14-16(15)2)28(26,27)24-19-6-7-20(23-22-19)25(3)13-10-17-8-11-21-12-9-17/h4-9,11-12,14H,10,13H2,1-3H3,(H,22,24). The van der Waals surface area contributed by atoms with Crippen molar-refractivity contribution >= 4 is 21.7 Å². The molecule has 2 heterocycles. The molecule has 3 rings (SSSR count). The number of nitrogens with one attached hydrogen (secondary N) is 1. The van der Waals surface area contributed by atoms with Crippen molar-refractivity contribution in [2.75, 3.05) is 23.2 Å². The van der Waals surface area contributed by atoms with E-state index in [9.17, 15) is 8.42 Å². The second kappa shape index (κ2) is 8.35. The summed E-state index contributed by atoms with van der Waals surface area (Å²) >= 11 is 0. The first-order valence-electron chi connectivity index (χ1n) is 8.89. The number of hydrogen-bond acceptors (Lipinski definition) is 6. The topological polar surface area (TPSA) is 88.1 Å². The summed E-state index contributed by atoms with van der Waals surface area (Å²) in [4.78, 5) is 6.18. The van der Waals surface area contributed by atoms with E-state index in [-0.39, 0.29) is 10.7 Å². The van der Waals surface area contributed by atoms with Crippen molar-refractivity contribution in [3.05, 3.63) is 71.5 Å². The number of aromatic nitrogens is 3. The normalized spacial score (nSPS) is 11.2. The third-order valence-corrected chi connectivity index (χ3v) is 5.91. The monoisotopic (exact) mass is 397 g/mol. The van der Waals surface area contributed by atoms with E-state index in [2.05, 4.69) is 19.9 Å². The van der Waals surface area contributed by atoms with Crippen LogP contribution in [0.4, 0.5) is 11.6 Å². The van der Waals surface area contributed by atoms with E-state index in [4.69, 9.17) is 0 Å². The Morgan fingerprint density at radius 1 is 0.964 bits per heavy atom. The van der Waals surface area contributed by atoms with Gasteiger partial charge in [0.2, 0.25) is 0 Å². The van der Waals surface area contributed by atoms with Gasteiger partial charge in [-0.15, -0.1) is 10.2 Å². The van der Waals surface area contributed by atoms with Gasteiger partial charge in [0.05, 0.1) is 4.90 Å². The predicted molar refractivity (Wildman–Crippen MR) is 110 cm³/mol. The van der Waals surface area contributed by atoms with Crippen LogP contribution < -0.4 is 9.62 Å². The number of pyridine rings is 1. The van der Waals surface area contributed by atoms with Gasteiger partial charge in [0.25, 0.3) is 10.0 Å². The number of likely N-dealkylation sites (N-methyl/N-ethyl adjacent to an activating group) is 1. The molecule has 3 aromatic rings. The van der Waals surface area contributed by atoms with Gasteiger partial charge in [0.1, 0.15) is 0 Å². The number of rotatable bonds is 7. The molecule has 0 bridgehead atoms. The first-order valence-corrected chi connectivity index (χ1v) is 10.4. The summed E-state index contributed by atoms with van der Waals surface area (Å²) in [5.74, 6) is 0.854. The van der Waals surface area contributed by atoms with E-state index < -0.39 is 10.0 Å². The van der Waals surface area contributed by atoms with Crippen molar-refractivity contribution in [3.63, 3.8) is 0 Å². The molecule has 0 saturated carbocycles. The Hall–Kier alpha value is -3.00. The van der Waals surface area contributed by atoms with E-state index >= 15 is 0 Å². The largest absolute Gasteiger partial charge is 0.358 e. The molecular weight excluding hydrogens is 374 g/mol. The van der Waals surface area contributed by atoms with Gasteiger partial charge in [0.15, 0.2) is 11.6 Å². The van der Waals surface area contributed by atoms with Crippen molar-refractivity contribution in [1.82, 2.24) is 15.2 Å². The quantitative estimate of drug-likeness (QED) is 0.659. The van der Waals surface area contributed by atoms with Gasteiger partial charge >= 0.3 is 0 Å². The SMILES string of the molecule is Cc1ccc(S(=O)(=O)Nc2ccc(N(C)CCc3ccncc3)nn2)cc1C. The van der Waals surface area contributed by atoms with E-state index in [1.54, 1.807) is 42.7 Å². The lowest BCUT2D eigenvalue weighted by atomic mass is 10.1. The molecule has 0 atom stereocenters. The molecule has 1 N–H and O–H groups in total. The van der Waals surface area contributed by atoms with E-state index in [1.807, 2.05) is 37.9 Å². The van der Waals surface area contributed by atoms with Crippen molar-refractivity contribution in [1.29, 1.82) is 0 Å². The highest BCUT2D eigenvalue weighted by Gasteiger charge is 2.16. The van der Waals surface area contributed by atoms with Crippen LogP contribution in [0.5, 0.6) is 0 Å². The van der Waals surface area contributed by atoms with Gasteiger partial charge in [-0.25, -0.2) is 8.42 Å². The summed E-state index contributed by atoms with van der Waals surface area (Å²) in [5, 5.41) is 8.15. The number of sulfonamides is 1. The molecule has 0 radical (unpaired) electrons. The predicted octanol–water partition coefficient (Wildman–Crippen LogP) is 2.97. The highest BCUT2D eigenvalue weighted by molar-refractivity contribution is 7.92. The summed E-state index contributed by atoms with van der Waals surface area (Å²) < 4.78 is 27.6. The maximum Gasteiger partial charge on any atom is 0.263 e. The van der Waals surface area contributed by atoms with Crippen LogP contribution >= 0.6 is 0 Å². The molecule has 0 aliphatic rings. The fourth-order valence-electron chi connectivity index (χ4n) is 2.62. The zero-order chi connectivity index (χ0) is 20.1. The van der Waals surface area contributed by atoms with Crippen molar-refractivity contribution < 1.29 is 8.42 Å². The molecule has 146 valence electrons. The van der Waals surface area contributed by atoms with Crippen LogP contribution in [0, 0.1) is 13.8 Å². The molecule has 8 heteroatoms. The van der Waals surface area contributed by atoms with Crippen molar-refractivity contribution in [3.8, 4) is 0 Å². The average Bonchev–Trinajstić information content (AvgIpc) is 2.69. The first kappa shape index (κ1) is 19.8. The highest BCUT2D eigenvalue weighted by atomic mass is 32.2. The molecule has 0 spiro atoms. The molecule has 0 fully saturated rings. The van der Waals surface area contributed by atoms with E-state index in [0.717, 1.165) is 24.1 Å². The Kier molecular flexibility index (Phi) is 5.89. The van der Waals surface area contributed by atoms with Gasteiger partial charge in [0, 0.05) is 26.0 Å². The summed E-state index contributed by atoms with van der Waals surface area (Å²) in [6, 6.07) is 12.3. The Bertz CT molecular complexity index is 1040. The van der Waals surface area contributed by atoms with Gasteiger partial charge in [-0.1, -0.05) is 6.07 Å². The summed E-state index contributed by atoms with van der Waals surface area (Å²) in [7, 11) is -1.78. The van der Waals surface area contributed by atoms with Crippen LogP contribution in [0.1, 0.15) is 16.7 Å². The molecule has 7 nitrogen and oxygen atoms in total. The molecule has 28 heavy (non-hydrogen) atoms. The Morgan fingerprint density at radius 3 is 2.36 bits per heavy atom. The molecule has 0 saturated heterocycles. The number of nitrogens with zero attached hydrogens (tertiary/aromatic N) is 4. The maximum atomic E-state index is 12.5. The molecule has 0 aliphatic heterocycles.